The highest BCUT2D eigenvalue weighted by Gasteiger charge is 2.34. The first-order valence-corrected chi connectivity index (χ1v) is 10.5. The molecule has 0 spiro atoms. The number of hydrogen-bond acceptors (Lipinski definition) is 4. The summed E-state index contributed by atoms with van der Waals surface area (Å²) in [5.41, 5.74) is 4.57. The van der Waals surface area contributed by atoms with Crippen LogP contribution in [0, 0.1) is 0 Å². The van der Waals surface area contributed by atoms with Crippen LogP contribution >= 0.6 is 15.9 Å². The van der Waals surface area contributed by atoms with Gasteiger partial charge in [-0.15, -0.1) is 5.10 Å². The minimum Gasteiger partial charge on any atom is -0.347 e. The number of carbonyl (C=O) groups excluding carboxylic acids is 1. The highest BCUT2D eigenvalue weighted by molar-refractivity contribution is 9.10. The van der Waals surface area contributed by atoms with Gasteiger partial charge in [0.15, 0.2) is 5.69 Å². The number of carbonyl (C=O) groups is 1. The zero-order valence-electron chi connectivity index (χ0n) is 16.6. The highest BCUT2D eigenvalue weighted by atomic mass is 79.9. The second-order valence-electron chi connectivity index (χ2n) is 7.72. The molecule has 0 radical (unpaired) electrons. The molecule has 2 aromatic carbocycles. The van der Waals surface area contributed by atoms with Gasteiger partial charge < -0.3 is 10.2 Å². The Morgan fingerprint density at radius 1 is 1.10 bits per heavy atom. The van der Waals surface area contributed by atoms with Crippen molar-refractivity contribution in [3.8, 4) is 5.69 Å². The molecule has 150 valence electrons. The lowest BCUT2D eigenvalue weighted by molar-refractivity contribution is 0.0945. The Balaban J connectivity index is 1.48. The van der Waals surface area contributed by atoms with Gasteiger partial charge in [-0.2, -0.15) is 0 Å². The molecule has 0 bridgehead atoms. The average molecular weight is 454 g/mol. The fourth-order valence-corrected chi connectivity index (χ4v) is 3.61. The summed E-state index contributed by atoms with van der Waals surface area (Å²) in [7, 11) is 4.10. The van der Waals surface area contributed by atoms with Crippen molar-refractivity contribution in [1.82, 2.24) is 25.2 Å². The van der Waals surface area contributed by atoms with Gasteiger partial charge in [0.05, 0.1) is 11.4 Å². The first kappa shape index (κ1) is 19.8. The van der Waals surface area contributed by atoms with Crippen LogP contribution in [-0.4, -0.2) is 39.9 Å². The predicted molar refractivity (Wildman–Crippen MR) is 116 cm³/mol. The fourth-order valence-electron chi connectivity index (χ4n) is 3.34. The van der Waals surface area contributed by atoms with Crippen molar-refractivity contribution < 1.29 is 4.79 Å². The van der Waals surface area contributed by atoms with E-state index in [0.717, 1.165) is 40.8 Å². The first-order valence-electron chi connectivity index (χ1n) is 9.73. The maximum atomic E-state index is 12.8. The number of aromatic nitrogens is 3. The van der Waals surface area contributed by atoms with Crippen LogP contribution in [0.3, 0.4) is 0 Å². The van der Waals surface area contributed by atoms with E-state index in [0.29, 0.717) is 18.2 Å². The third-order valence-electron chi connectivity index (χ3n) is 4.93. The smallest absolute Gasteiger partial charge is 0.274 e. The Morgan fingerprint density at radius 2 is 1.76 bits per heavy atom. The molecule has 1 saturated carbocycles. The van der Waals surface area contributed by atoms with E-state index in [1.807, 2.05) is 38.4 Å². The van der Waals surface area contributed by atoms with Gasteiger partial charge in [0.2, 0.25) is 0 Å². The SMILES string of the molecule is CN(C)Cc1ccc(CNC(=O)c2nnn(-c3ccc(Br)cc3)c2C2CC2)cc1. The number of hydrogen-bond donors (Lipinski definition) is 1. The van der Waals surface area contributed by atoms with Gasteiger partial charge in [0.25, 0.3) is 5.91 Å². The summed E-state index contributed by atoms with van der Waals surface area (Å²) in [5.74, 6) is 0.173. The van der Waals surface area contributed by atoms with Crippen molar-refractivity contribution in [2.24, 2.45) is 0 Å². The topological polar surface area (TPSA) is 63.1 Å². The molecule has 1 heterocycles. The average Bonchev–Trinajstić information content (AvgIpc) is 3.45. The lowest BCUT2D eigenvalue weighted by atomic mass is 10.1. The zero-order chi connectivity index (χ0) is 20.4. The largest absolute Gasteiger partial charge is 0.347 e. The maximum Gasteiger partial charge on any atom is 0.274 e. The van der Waals surface area contributed by atoms with Crippen molar-refractivity contribution in [3.63, 3.8) is 0 Å². The summed E-state index contributed by atoms with van der Waals surface area (Å²) in [6.45, 7) is 1.37. The van der Waals surface area contributed by atoms with Crippen LogP contribution in [0.15, 0.2) is 53.0 Å². The number of nitrogens with one attached hydrogen (secondary N) is 1. The molecule has 3 aromatic rings. The van der Waals surface area contributed by atoms with Crippen molar-refractivity contribution >= 4 is 21.8 Å². The first-order chi connectivity index (χ1) is 14.0. The van der Waals surface area contributed by atoms with E-state index in [1.54, 1.807) is 4.68 Å². The van der Waals surface area contributed by atoms with Gasteiger partial charge in [-0.1, -0.05) is 45.4 Å². The summed E-state index contributed by atoms with van der Waals surface area (Å²) in [5, 5.41) is 11.5. The number of amides is 1. The van der Waals surface area contributed by atoms with E-state index in [9.17, 15) is 4.79 Å². The number of benzene rings is 2. The molecule has 1 aromatic heterocycles. The summed E-state index contributed by atoms with van der Waals surface area (Å²) in [4.78, 5) is 15.0. The second-order valence-corrected chi connectivity index (χ2v) is 8.64. The van der Waals surface area contributed by atoms with E-state index >= 15 is 0 Å². The summed E-state index contributed by atoms with van der Waals surface area (Å²) >= 11 is 3.45. The van der Waals surface area contributed by atoms with Crippen molar-refractivity contribution in [1.29, 1.82) is 0 Å². The molecule has 29 heavy (non-hydrogen) atoms. The molecule has 7 heteroatoms. The Morgan fingerprint density at radius 3 is 2.38 bits per heavy atom. The quantitative estimate of drug-likeness (QED) is 0.589. The molecule has 0 saturated heterocycles. The fraction of sp³-hybridized carbons (Fsp3) is 0.318. The van der Waals surface area contributed by atoms with E-state index in [4.69, 9.17) is 0 Å². The van der Waals surface area contributed by atoms with Crippen molar-refractivity contribution in [2.75, 3.05) is 14.1 Å². The van der Waals surface area contributed by atoms with Gasteiger partial charge in [-0.25, -0.2) is 4.68 Å². The van der Waals surface area contributed by atoms with Crippen LogP contribution < -0.4 is 5.32 Å². The summed E-state index contributed by atoms with van der Waals surface area (Å²) in [6, 6.07) is 16.2. The Bertz CT molecular complexity index is 991. The van der Waals surface area contributed by atoms with Gasteiger partial charge in [-0.3, -0.25) is 4.79 Å². The van der Waals surface area contributed by atoms with E-state index < -0.39 is 0 Å². The monoisotopic (exact) mass is 453 g/mol. The molecular weight excluding hydrogens is 430 g/mol. The molecule has 0 aliphatic heterocycles. The van der Waals surface area contributed by atoms with Crippen molar-refractivity contribution in [3.05, 3.63) is 75.5 Å². The number of nitrogens with zero attached hydrogens (tertiary/aromatic N) is 4. The van der Waals surface area contributed by atoms with Crippen LogP contribution in [0.4, 0.5) is 0 Å². The molecule has 1 aliphatic rings. The van der Waals surface area contributed by atoms with Crippen molar-refractivity contribution in [2.45, 2.75) is 31.8 Å². The van der Waals surface area contributed by atoms with Crippen LogP contribution in [0.1, 0.15) is 46.1 Å². The second kappa shape index (κ2) is 8.47. The summed E-state index contributed by atoms with van der Waals surface area (Å²) < 4.78 is 2.80. The molecule has 1 aliphatic carbocycles. The molecule has 6 nitrogen and oxygen atoms in total. The normalized spacial score (nSPS) is 13.7. The van der Waals surface area contributed by atoms with E-state index in [2.05, 4.69) is 60.7 Å². The van der Waals surface area contributed by atoms with Gasteiger partial charge in [0.1, 0.15) is 0 Å². The van der Waals surface area contributed by atoms with Crippen LogP contribution in [0.2, 0.25) is 0 Å². The molecule has 1 amide bonds. The lowest BCUT2D eigenvalue weighted by Gasteiger charge is -2.10. The van der Waals surface area contributed by atoms with Crippen LogP contribution in [0.25, 0.3) is 5.69 Å². The van der Waals surface area contributed by atoms with Gasteiger partial charge in [0, 0.05) is 23.5 Å². The van der Waals surface area contributed by atoms with E-state index in [-0.39, 0.29) is 5.91 Å². The van der Waals surface area contributed by atoms with E-state index in [1.165, 1.54) is 5.56 Å². The standard InChI is InChI=1S/C22H24BrN5O/c1-27(2)14-16-5-3-15(4-6-16)13-24-22(29)20-21(17-7-8-17)28(26-25-20)19-11-9-18(23)10-12-19/h3-6,9-12,17H,7-8,13-14H2,1-2H3,(H,24,29). The Hall–Kier alpha value is -2.51. The Kier molecular flexibility index (Phi) is 5.78. The maximum absolute atomic E-state index is 12.8. The predicted octanol–water partition coefficient (Wildman–Crippen LogP) is 3.90. The number of halogens is 1. The highest BCUT2D eigenvalue weighted by Crippen LogP contribution is 2.42. The molecular formula is C22H24BrN5O. The lowest BCUT2D eigenvalue weighted by Crippen LogP contribution is -2.24. The third kappa shape index (κ3) is 4.74. The molecule has 4 rings (SSSR count). The van der Waals surface area contributed by atoms with Crippen LogP contribution in [0.5, 0.6) is 0 Å². The third-order valence-corrected chi connectivity index (χ3v) is 5.46. The minimum atomic E-state index is -0.173. The van der Waals surface area contributed by atoms with Crippen LogP contribution in [-0.2, 0) is 13.1 Å². The minimum absolute atomic E-state index is 0.173. The molecule has 1 N–H and O–H groups in total. The van der Waals surface area contributed by atoms with Gasteiger partial charge >= 0.3 is 0 Å². The molecule has 1 fully saturated rings. The summed E-state index contributed by atoms with van der Waals surface area (Å²) in [6.07, 6.45) is 2.13. The number of rotatable bonds is 7. The molecule has 0 atom stereocenters. The zero-order valence-corrected chi connectivity index (χ0v) is 18.2. The molecule has 0 unspecified atom stereocenters. The Labute approximate surface area is 179 Å². The van der Waals surface area contributed by atoms with Gasteiger partial charge in [-0.05, 0) is 62.3 Å².